The molecular formula is C26H24FN3O5. The van der Waals surface area contributed by atoms with Crippen LogP contribution in [0.5, 0.6) is 11.5 Å². The number of benzene rings is 2. The second-order valence-electron chi connectivity index (χ2n) is 8.21. The number of phenolic OH excluding ortho intramolecular Hbond substituents is 1. The predicted octanol–water partition coefficient (Wildman–Crippen LogP) is 3.25. The van der Waals surface area contributed by atoms with Gasteiger partial charge in [-0.2, -0.15) is 0 Å². The number of nitrogens with zero attached hydrogens (tertiary/aromatic N) is 1. The molecule has 2 amide bonds. The number of halogens is 1. The molecule has 8 nitrogen and oxygen atoms in total. The third kappa shape index (κ3) is 5.13. The normalized spacial score (nSPS) is 17.0. The van der Waals surface area contributed by atoms with Crippen LogP contribution in [0.4, 0.5) is 4.39 Å². The largest absolute Gasteiger partial charge is 0.507 e. The lowest BCUT2D eigenvalue weighted by atomic mass is 10.00. The van der Waals surface area contributed by atoms with Crippen LogP contribution in [0.1, 0.15) is 55.9 Å². The Hall–Kier alpha value is -4.27. The number of phenols is 1. The number of methoxy groups -OCH3 is 1. The topological polar surface area (TPSA) is 118 Å². The number of hydrogen-bond donors (Lipinski definition) is 3. The van der Waals surface area contributed by atoms with Gasteiger partial charge in [-0.05, 0) is 55.7 Å². The Kier molecular flexibility index (Phi) is 7.05. The average molecular weight is 477 g/mol. The van der Waals surface area contributed by atoms with Gasteiger partial charge in [0.15, 0.2) is 17.3 Å². The Morgan fingerprint density at radius 3 is 2.00 bits per heavy atom. The summed E-state index contributed by atoms with van der Waals surface area (Å²) in [7, 11) is 1.26. The number of aromatic nitrogens is 1. The van der Waals surface area contributed by atoms with Crippen LogP contribution >= 0.6 is 0 Å². The van der Waals surface area contributed by atoms with Crippen LogP contribution in [0, 0.1) is 5.82 Å². The number of pyridine rings is 1. The second kappa shape index (κ2) is 10.3. The molecule has 1 fully saturated rings. The molecule has 0 unspecified atom stereocenters. The van der Waals surface area contributed by atoms with Gasteiger partial charge in [-0.25, -0.2) is 4.39 Å². The van der Waals surface area contributed by atoms with Crippen molar-refractivity contribution in [2.24, 2.45) is 0 Å². The SMILES string of the molecule is COc1ccc(O)c(C(=O)c2ccc(C(=O)N[C@@H]3CCC[C@H]3NC(=O)c3ccncc3)cc2)c1F. The maximum atomic E-state index is 14.5. The molecule has 180 valence electrons. The molecule has 0 saturated heterocycles. The average Bonchev–Trinajstić information content (AvgIpc) is 3.30. The van der Waals surface area contributed by atoms with Crippen molar-refractivity contribution in [3.8, 4) is 11.5 Å². The van der Waals surface area contributed by atoms with Crippen LogP contribution in [0.3, 0.4) is 0 Å². The first-order chi connectivity index (χ1) is 16.9. The minimum absolute atomic E-state index is 0.104. The molecule has 2 atom stereocenters. The van der Waals surface area contributed by atoms with E-state index in [1.807, 2.05) is 0 Å². The quantitative estimate of drug-likeness (QED) is 0.450. The van der Waals surface area contributed by atoms with Crippen LogP contribution in [-0.4, -0.2) is 46.9 Å². The molecule has 2 aromatic carbocycles. The Balaban J connectivity index is 1.43. The minimum Gasteiger partial charge on any atom is -0.507 e. The first-order valence-corrected chi connectivity index (χ1v) is 11.1. The van der Waals surface area contributed by atoms with Crippen LogP contribution in [0.25, 0.3) is 0 Å². The van der Waals surface area contributed by atoms with E-state index in [0.717, 1.165) is 19.3 Å². The fourth-order valence-corrected chi connectivity index (χ4v) is 4.15. The number of ketones is 1. The van der Waals surface area contributed by atoms with E-state index in [9.17, 15) is 23.9 Å². The van der Waals surface area contributed by atoms with E-state index in [2.05, 4.69) is 15.6 Å². The van der Waals surface area contributed by atoms with E-state index in [1.54, 1.807) is 24.5 Å². The maximum Gasteiger partial charge on any atom is 0.251 e. The number of ether oxygens (including phenoxy) is 1. The summed E-state index contributed by atoms with van der Waals surface area (Å²) >= 11 is 0. The fourth-order valence-electron chi connectivity index (χ4n) is 4.15. The maximum absolute atomic E-state index is 14.5. The third-order valence-corrected chi connectivity index (χ3v) is 6.03. The molecule has 1 saturated carbocycles. The highest BCUT2D eigenvalue weighted by atomic mass is 19.1. The van der Waals surface area contributed by atoms with E-state index in [-0.39, 0.29) is 35.2 Å². The molecule has 1 aliphatic rings. The number of carbonyl (C=O) groups excluding carboxylic acids is 3. The summed E-state index contributed by atoms with van der Waals surface area (Å²) in [6.45, 7) is 0. The highest BCUT2D eigenvalue weighted by Crippen LogP contribution is 2.30. The smallest absolute Gasteiger partial charge is 0.251 e. The monoisotopic (exact) mass is 477 g/mol. The van der Waals surface area contributed by atoms with Crippen molar-refractivity contribution in [2.45, 2.75) is 31.3 Å². The van der Waals surface area contributed by atoms with Crippen LogP contribution in [-0.2, 0) is 0 Å². The molecule has 0 spiro atoms. The summed E-state index contributed by atoms with van der Waals surface area (Å²) in [6.07, 6.45) is 5.40. The lowest BCUT2D eigenvalue weighted by Crippen LogP contribution is -2.48. The van der Waals surface area contributed by atoms with Crippen molar-refractivity contribution < 1.29 is 28.6 Å². The van der Waals surface area contributed by atoms with Crippen molar-refractivity contribution in [1.29, 1.82) is 0 Å². The third-order valence-electron chi connectivity index (χ3n) is 6.03. The van der Waals surface area contributed by atoms with Gasteiger partial charge in [0, 0.05) is 41.2 Å². The van der Waals surface area contributed by atoms with Gasteiger partial charge in [0.25, 0.3) is 11.8 Å². The molecule has 0 aliphatic heterocycles. The minimum atomic E-state index is -0.958. The molecule has 1 heterocycles. The summed E-state index contributed by atoms with van der Waals surface area (Å²) < 4.78 is 19.4. The highest BCUT2D eigenvalue weighted by Gasteiger charge is 2.30. The molecule has 1 aromatic heterocycles. The van der Waals surface area contributed by atoms with Crippen LogP contribution in [0.15, 0.2) is 60.9 Å². The molecular weight excluding hydrogens is 453 g/mol. The first-order valence-electron chi connectivity index (χ1n) is 11.1. The zero-order chi connectivity index (χ0) is 24.9. The summed E-state index contributed by atoms with van der Waals surface area (Å²) in [5.41, 5.74) is 0.409. The number of aromatic hydroxyl groups is 1. The molecule has 35 heavy (non-hydrogen) atoms. The Bertz CT molecular complexity index is 1250. The van der Waals surface area contributed by atoms with Crippen molar-refractivity contribution in [2.75, 3.05) is 7.11 Å². The van der Waals surface area contributed by atoms with E-state index >= 15 is 0 Å². The molecule has 1 aliphatic carbocycles. The Morgan fingerprint density at radius 1 is 0.886 bits per heavy atom. The van der Waals surface area contributed by atoms with E-state index in [1.165, 1.54) is 43.5 Å². The van der Waals surface area contributed by atoms with Gasteiger partial charge < -0.3 is 20.5 Å². The number of hydrogen-bond acceptors (Lipinski definition) is 6. The predicted molar refractivity (Wildman–Crippen MR) is 125 cm³/mol. The molecule has 3 N–H and O–H groups in total. The molecule has 3 aromatic rings. The molecule has 0 bridgehead atoms. The lowest BCUT2D eigenvalue weighted by Gasteiger charge is -2.22. The summed E-state index contributed by atoms with van der Waals surface area (Å²) in [4.78, 5) is 42.0. The zero-order valence-corrected chi connectivity index (χ0v) is 19.0. The van der Waals surface area contributed by atoms with Crippen molar-refractivity contribution in [3.05, 3.63) is 89.0 Å². The number of amides is 2. The van der Waals surface area contributed by atoms with Gasteiger partial charge in [-0.3, -0.25) is 19.4 Å². The second-order valence-corrected chi connectivity index (χ2v) is 8.21. The fraction of sp³-hybridized carbons (Fsp3) is 0.231. The lowest BCUT2D eigenvalue weighted by molar-refractivity contribution is 0.0892. The van der Waals surface area contributed by atoms with Crippen molar-refractivity contribution in [3.63, 3.8) is 0 Å². The van der Waals surface area contributed by atoms with Gasteiger partial charge in [-0.15, -0.1) is 0 Å². The van der Waals surface area contributed by atoms with Gasteiger partial charge in [-0.1, -0.05) is 12.1 Å². The van der Waals surface area contributed by atoms with Crippen molar-refractivity contribution >= 4 is 17.6 Å². The summed E-state index contributed by atoms with van der Waals surface area (Å²) in [6, 6.07) is 10.9. The number of nitrogens with one attached hydrogen (secondary N) is 2. The molecule has 4 rings (SSSR count). The summed E-state index contributed by atoms with van der Waals surface area (Å²) in [5, 5.41) is 15.9. The van der Waals surface area contributed by atoms with E-state index < -0.39 is 22.9 Å². The van der Waals surface area contributed by atoms with Crippen molar-refractivity contribution in [1.82, 2.24) is 15.6 Å². The molecule has 0 radical (unpaired) electrons. The highest BCUT2D eigenvalue weighted by molar-refractivity contribution is 6.11. The number of carbonyl (C=O) groups is 3. The Labute approximate surface area is 201 Å². The number of rotatable bonds is 7. The van der Waals surface area contributed by atoms with Gasteiger partial charge >= 0.3 is 0 Å². The van der Waals surface area contributed by atoms with Crippen LogP contribution < -0.4 is 15.4 Å². The van der Waals surface area contributed by atoms with E-state index in [0.29, 0.717) is 11.1 Å². The van der Waals surface area contributed by atoms with Gasteiger partial charge in [0.2, 0.25) is 0 Å². The van der Waals surface area contributed by atoms with Crippen LogP contribution in [0.2, 0.25) is 0 Å². The summed E-state index contributed by atoms with van der Waals surface area (Å²) in [5.74, 6) is -2.94. The Morgan fingerprint density at radius 2 is 1.43 bits per heavy atom. The molecule has 9 heteroatoms. The standard InChI is InChI=1S/C26H24FN3O5/c1-35-21-10-9-20(31)22(23(21)27)24(32)15-5-7-16(8-6-15)25(33)29-18-3-2-4-19(18)30-26(34)17-11-13-28-14-12-17/h5-14,18-19,31H,2-4H2,1H3,(H,29,33)(H,30,34)/t18-,19-/m1/s1. The van der Waals surface area contributed by atoms with Gasteiger partial charge in [0.1, 0.15) is 11.3 Å². The van der Waals surface area contributed by atoms with E-state index in [4.69, 9.17) is 4.74 Å². The van der Waals surface area contributed by atoms with Gasteiger partial charge in [0.05, 0.1) is 7.11 Å². The zero-order valence-electron chi connectivity index (χ0n) is 19.0. The first kappa shape index (κ1) is 23.9.